The van der Waals surface area contributed by atoms with Crippen LogP contribution in [0.5, 0.6) is 0 Å². The minimum atomic E-state index is -0.802. The summed E-state index contributed by atoms with van der Waals surface area (Å²) in [7, 11) is 0. The number of benzene rings is 2. The Balaban J connectivity index is 1.49. The van der Waals surface area contributed by atoms with E-state index in [1.807, 2.05) is 42.5 Å². The Hall–Kier alpha value is -3.74. The molecule has 4 aromatic rings. The number of amides is 2. The van der Waals surface area contributed by atoms with Gasteiger partial charge in [0.1, 0.15) is 17.3 Å². The van der Waals surface area contributed by atoms with Crippen molar-refractivity contribution in [3.63, 3.8) is 0 Å². The molecule has 0 aliphatic heterocycles. The van der Waals surface area contributed by atoms with Gasteiger partial charge in [-0.05, 0) is 48.7 Å². The summed E-state index contributed by atoms with van der Waals surface area (Å²) in [6, 6.07) is 18.5. The molecule has 5 nitrogen and oxygen atoms in total. The lowest BCUT2D eigenvalue weighted by Gasteiger charge is -2.37. The summed E-state index contributed by atoms with van der Waals surface area (Å²) >= 11 is 0. The molecular formula is C27H26F2N4O. The Morgan fingerprint density at radius 2 is 1.82 bits per heavy atom. The Morgan fingerprint density at radius 1 is 1.03 bits per heavy atom. The number of pyridine rings is 1. The van der Waals surface area contributed by atoms with Crippen LogP contribution in [-0.4, -0.2) is 27.0 Å². The topological polar surface area (TPSA) is 50.2 Å². The normalized spacial score (nSPS) is 14.9. The molecule has 7 heteroatoms. The maximum atomic E-state index is 14.3. The lowest BCUT2D eigenvalue weighted by molar-refractivity contribution is 0.163. The molecule has 174 valence electrons. The number of aromatic nitrogens is 2. The van der Waals surface area contributed by atoms with Gasteiger partial charge in [-0.25, -0.2) is 18.6 Å². The highest BCUT2D eigenvalue weighted by atomic mass is 19.1. The van der Waals surface area contributed by atoms with Crippen molar-refractivity contribution in [3.8, 4) is 0 Å². The van der Waals surface area contributed by atoms with Crippen molar-refractivity contribution in [3.05, 3.63) is 96.3 Å². The van der Waals surface area contributed by atoms with Crippen LogP contribution < -0.4 is 5.32 Å². The van der Waals surface area contributed by atoms with Crippen molar-refractivity contribution < 1.29 is 13.6 Å². The number of halogens is 2. The molecule has 0 spiro atoms. The summed E-state index contributed by atoms with van der Waals surface area (Å²) < 4.78 is 29.9. The van der Waals surface area contributed by atoms with Gasteiger partial charge in [0.25, 0.3) is 0 Å². The molecule has 2 heterocycles. The fraction of sp³-hybridized carbons (Fsp3) is 0.259. The summed E-state index contributed by atoms with van der Waals surface area (Å²) in [6.45, 7) is 0.806. The van der Waals surface area contributed by atoms with Crippen molar-refractivity contribution in [2.24, 2.45) is 0 Å². The number of carbonyl (C=O) groups is 1. The number of hydrogen-bond acceptors (Lipinski definition) is 2. The number of fused-ring (bicyclic) bond motifs is 1. The van der Waals surface area contributed by atoms with E-state index in [0.29, 0.717) is 13.1 Å². The highest BCUT2D eigenvalue weighted by Gasteiger charge is 2.39. The number of urea groups is 1. The number of hydrogen-bond donors (Lipinski definition) is 1. The van der Waals surface area contributed by atoms with Gasteiger partial charge in [-0.15, -0.1) is 0 Å². The first-order chi connectivity index (χ1) is 16.5. The van der Waals surface area contributed by atoms with Crippen LogP contribution in [0.3, 0.4) is 0 Å². The predicted molar refractivity (Wildman–Crippen MR) is 128 cm³/mol. The molecule has 2 aromatic carbocycles. The van der Waals surface area contributed by atoms with Gasteiger partial charge in [0.15, 0.2) is 0 Å². The van der Waals surface area contributed by atoms with E-state index >= 15 is 0 Å². The number of nitrogens with zero attached hydrogens (tertiary/aromatic N) is 3. The number of carbonyl (C=O) groups excluding carboxylic acids is 1. The summed E-state index contributed by atoms with van der Waals surface area (Å²) in [5, 5.41) is 3.71. The first kappa shape index (κ1) is 22.1. The van der Waals surface area contributed by atoms with Crippen LogP contribution in [0.1, 0.15) is 31.2 Å². The van der Waals surface area contributed by atoms with Crippen LogP contribution >= 0.6 is 0 Å². The second-order valence-corrected chi connectivity index (χ2v) is 8.93. The predicted octanol–water partition coefficient (Wildman–Crippen LogP) is 6.32. The zero-order valence-corrected chi connectivity index (χ0v) is 18.8. The van der Waals surface area contributed by atoms with Gasteiger partial charge in [0, 0.05) is 36.9 Å². The van der Waals surface area contributed by atoms with E-state index in [0.717, 1.165) is 54.4 Å². The third-order valence-corrected chi connectivity index (χ3v) is 6.65. The Labute approximate surface area is 197 Å². The van der Waals surface area contributed by atoms with Gasteiger partial charge in [-0.2, -0.15) is 0 Å². The maximum absolute atomic E-state index is 14.3. The molecule has 1 aliphatic rings. The Morgan fingerprint density at radius 3 is 2.59 bits per heavy atom. The van der Waals surface area contributed by atoms with Gasteiger partial charge in [0.2, 0.25) is 0 Å². The molecule has 1 N–H and O–H groups in total. The molecule has 34 heavy (non-hydrogen) atoms. The van der Waals surface area contributed by atoms with Crippen LogP contribution in [0.4, 0.5) is 19.3 Å². The quantitative estimate of drug-likeness (QED) is 0.366. The smallest absolute Gasteiger partial charge is 0.322 e. The second-order valence-electron chi connectivity index (χ2n) is 8.93. The first-order valence-corrected chi connectivity index (χ1v) is 11.5. The molecule has 0 saturated heterocycles. The van der Waals surface area contributed by atoms with Crippen LogP contribution in [0, 0.1) is 11.6 Å². The first-order valence-electron chi connectivity index (χ1n) is 11.5. The van der Waals surface area contributed by atoms with E-state index in [-0.39, 0.29) is 11.2 Å². The van der Waals surface area contributed by atoms with Gasteiger partial charge in [0.05, 0.1) is 11.2 Å². The Bertz CT molecular complexity index is 1300. The van der Waals surface area contributed by atoms with Gasteiger partial charge < -0.3 is 14.8 Å². The van der Waals surface area contributed by atoms with E-state index in [1.54, 1.807) is 11.1 Å². The molecule has 0 unspecified atom stereocenters. The third kappa shape index (κ3) is 4.38. The molecule has 0 radical (unpaired) electrons. The van der Waals surface area contributed by atoms with Gasteiger partial charge in [-0.3, -0.25) is 0 Å². The van der Waals surface area contributed by atoms with E-state index < -0.39 is 17.7 Å². The largest absolute Gasteiger partial charge is 0.325 e. The van der Waals surface area contributed by atoms with Crippen molar-refractivity contribution in [2.45, 2.75) is 37.8 Å². The standard InChI is InChI=1S/C27H26F2N4O/c28-22-10-11-24(23(29)17-22)31-26(34)32(18-20-7-2-1-3-8-20)19-27(13-4-5-14-27)33-16-12-21-9-6-15-30-25(21)33/h1-3,6-12,15-17H,4-5,13-14,18-19H2,(H,31,34). The van der Waals surface area contributed by atoms with Crippen LogP contribution in [0.25, 0.3) is 11.0 Å². The van der Waals surface area contributed by atoms with Crippen molar-refractivity contribution in [1.82, 2.24) is 14.5 Å². The van der Waals surface area contributed by atoms with Crippen LogP contribution in [-0.2, 0) is 12.1 Å². The highest BCUT2D eigenvalue weighted by Crippen LogP contribution is 2.40. The van der Waals surface area contributed by atoms with E-state index in [1.165, 1.54) is 6.07 Å². The molecule has 0 bridgehead atoms. The molecule has 1 saturated carbocycles. The average molecular weight is 461 g/mol. The minimum Gasteiger partial charge on any atom is -0.325 e. The number of nitrogens with one attached hydrogen (secondary N) is 1. The molecule has 2 amide bonds. The molecule has 0 atom stereocenters. The summed E-state index contributed by atoms with van der Waals surface area (Å²) in [5.74, 6) is -1.49. The van der Waals surface area contributed by atoms with Gasteiger partial charge in [-0.1, -0.05) is 43.2 Å². The summed E-state index contributed by atoms with van der Waals surface area (Å²) in [5.41, 5.74) is 1.51. The Kier molecular flexibility index (Phi) is 6.01. The van der Waals surface area contributed by atoms with E-state index in [4.69, 9.17) is 0 Å². The van der Waals surface area contributed by atoms with Crippen LogP contribution in [0.2, 0.25) is 0 Å². The molecule has 1 aliphatic carbocycles. The lowest BCUT2D eigenvalue weighted by atomic mass is 9.95. The monoisotopic (exact) mass is 460 g/mol. The second kappa shape index (κ2) is 9.25. The molecular weight excluding hydrogens is 434 g/mol. The lowest BCUT2D eigenvalue weighted by Crippen LogP contribution is -2.47. The zero-order valence-electron chi connectivity index (χ0n) is 18.8. The average Bonchev–Trinajstić information content (AvgIpc) is 3.49. The third-order valence-electron chi connectivity index (χ3n) is 6.65. The summed E-state index contributed by atoms with van der Waals surface area (Å²) in [4.78, 5) is 19.8. The van der Waals surface area contributed by atoms with Gasteiger partial charge >= 0.3 is 6.03 Å². The molecule has 1 fully saturated rings. The molecule has 2 aromatic heterocycles. The van der Waals surface area contributed by atoms with E-state index in [2.05, 4.69) is 27.1 Å². The van der Waals surface area contributed by atoms with Crippen molar-refractivity contribution in [1.29, 1.82) is 0 Å². The number of rotatable bonds is 6. The minimum absolute atomic E-state index is 0.0435. The fourth-order valence-corrected chi connectivity index (χ4v) is 5.00. The van der Waals surface area contributed by atoms with E-state index in [9.17, 15) is 13.6 Å². The SMILES string of the molecule is O=C(Nc1ccc(F)cc1F)N(Cc1ccccc1)CC1(n2ccc3cccnc32)CCCC1. The van der Waals surface area contributed by atoms with Crippen molar-refractivity contribution >= 4 is 22.8 Å². The molecule has 5 rings (SSSR count). The van der Waals surface area contributed by atoms with Crippen LogP contribution in [0.15, 0.2) is 79.1 Å². The zero-order chi connectivity index (χ0) is 23.5. The highest BCUT2D eigenvalue weighted by molar-refractivity contribution is 5.89. The maximum Gasteiger partial charge on any atom is 0.322 e. The number of anilines is 1. The fourth-order valence-electron chi connectivity index (χ4n) is 5.00. The summed E-state index contributed by atoms with van der Waals surface area (Å²) in [6.07, 6.45) is 7.78. The van der Waals surface area contributed by atoms with Crippen molar-refractivity contribution in [2.75, 3.05) is 11.9 Å².